The van der Waals surface area contributed by atoms with Gasteiger partial charge in [-0.2, -0.15) is 0 Å². The van der Waals surface area contributed by atoms with Crippen LogP contribution in [0.5, 0.6) is 0 Å². The summed E-state index contributed by atoms with van der Waals surface area (Å²) in [5, 5.41) is 7.81. The van der Waals surface area contributed by atoms with Gasteiger partial charge in [-0.3, -0.25) is 0 Å². The summed E-state index contributed by atoms with van der Waals surface area (Å²) in [6.45, 7) is 9.45. The minimum Gasteiger partial charge on any atom is -0.340 e. The van der Waals surface area contributed by atoms with Crippen molar-refractivity contribution < 1.29 is 0 Å². The van der Waals surface area contributed by atoms with Crippen LogP contribution in [-0.2, 0) is 19.6 Å². The van der Waals surface area contributed by atoms with E-state index in [2.05, 4.69) is 156 Å². The van der Waals surface area contributed by atoms with Gasteiger partial charge in [0, 0.05) is 85.2 Å². The third-order valence-electron chi connectivity index (χ3n) is 10.8. The highest BCUT2D eigenvalue weighted by molar-refractivity contribution is 6.39. The predicted octanol–water partition coefficient (Wildman–Crippen LogP) is 11.9. The molecule has 0 aliphatic carbocycles. The van der Waals surface area contributed by atoms with E-state index in [-0.39, 0.29) is 0 Å². The Hall–Kier alpha value is -6.20. The normalized spacial score (nSPS) is 12.1. The van der Waals surface area contributed by atoms with Crippen LogP contribution < -0.4 is 0 Å². The number of aryl methyl sites for hydroxylation is 3. The van der Waals surface area contributed by atoms with Crippen molar-refractivity contribution in [1.29, 1.82) is 0 Å². The average molecular weight is 660 g/mol. The van der Waals surface area contributed by atoms with Gasteiger partial charge >= 0.3 is 0 Å². The molecule has 0 aliphatic rings. The van der Waals surface area contributed by atoms with Gasteiger partial charge in [0.2, 0.25) is 0 Å². The van der Waals surface area contributed by atoms with E-state index in [1.165, 1.54) is 65.4 Å². The number of aromatic nitrogens is 5. The molecule has 0 atom stereocenters. The molecule has 0 N–H and O–H groups in total. The minimum atomic E-state index is 0.727. The van der Waals surface area contributed by atoms with Gasteiger partial charge in [-0.1, -0.05) is 97.1 Å². The number of rotatable bonds is 6. The zero-order valence-corrected chi connectivity index (χ0v) is 29.1. The topological polar surface area (TPSA) is 40.6 Å². The van der Waals surface area contributed by atoms with Crippen molar-refractivity contribution in [3.05, 3.63) is 133 Å². The summed E-state index contributed by atoms with van der Waals surface area (Å²) in [6, 6.07) is 47.7. The summed E-state index contributed by atoms with van der Waals surface area (Å²) in [4.78, 5) is 10.4. The van der Waals surface area contributed by atoms with Gasteiger partial charge in [-0.15, -0.1) is 0 Å². The van der Waals surface area contributed by atoms with Crippen LogP contribution in [0.25, 0.3) is 99.3 Å². The van der Waals surface area contributed by atoms with Crippen LogP contribution in [0.4, 0.5) is 0 Å². The van der Waals surface area contributed by atoms with Crippen LogP contribution in [0, 0.1) is 0 Å². The Bertz CT molecular complexity index is 2860. The van der Waals surface area contributed by atoms with Crippen LogP contribution in [0.2, 0.25) is 0 Å². The lowest BCUT2D eigenvalue weighted by atomic mass is 10.0. The predicted molar refractivity (Wildman–Crippen MR) is 214 cm³/mol. The molecule has 4 heterocycles. The molecular formula is C46H37N5. The fraction of sp³-hybridized carbons (Fsp3) is 0.130. The van der Waals surface area contributed by atoms with Crippen molar-refractivity contribution in [3.8, 4) is 33.9 Å². The Morgan fingerprint density at radius 3 is 1.27 bits per heavy atom. The fourth-order valence-corrected chi connectivity index (χ4v) is 8.67. The van der Waals surface area contributed by atoms with E-state index in [0.717, 1.165) is 53.5 Å². The molecule has 10 rings (SSSR count). The Morgan fingerprint density at radius 1 is 0.392 bits per heavy atom. The van der Waals surface area contributed by atoms with Crippen molar-refractivity contribution in [3.63, 3.8) is 0 Å². The second kappa shape index (κ2) is 11.4. The van der Waals surface area contributed by atoms with Gasteiger partial charge in [-0.05, 0) is 57.2 Å². The maximum atomic E-state index is 5.22. The monoisotopic (exact) mass is 659 g/mol. The van der Waals surface area contributed by atoms with Gasteiger partial charge < -0.3 is 13.7 Å². The molecule has 0 amide bonds. The molecule has 5 nitrogen and oxygen atoms in total. The van der Waals surface area contributed by atoms with E-state index in [4.69, 9.17) is 9.97 Å². The molecule has 6 aromatic carbocycles. The van der Waals surface area contributed by atoms with E-state index in [9.17, 15) is 0 Å². The first kappa shape index (κ1) is 29.7. The second-order valence-corrected chi connectivity index (χ2v) is 13.4. The Labute approximate surface area is 296 Å². The third-order valence-corrected chi connectivity index (χ3v) is 10.8. The standard InChI is InChI=1S/C46H37N5/c1-4-49-37-23-15-13-21-32(37)41-43(49)40-33-22-14-16-24-38(33)50(5-2)44(40)42-34-27-31(25-26-39(34)51(6-3)45(41)42)46-47-35(29-17-9-7-10-18-29)28-36(48-46)30-19-11-8-12-20-30/h7-28H,4-6H2,1-3H3. The van der Waals surface area contributed by atoms with Crippen LogP contribution in [0.3, 0.4) is 0 Å². The van der Waals surface area contributed by atoms with Crippen molar-refractivity contribution in [2.24, 2.45) is 0 Å². The molecule has 0 aliphatic heterocycles. The molecule has 0 saturated carbocycles. The summed E-state index contributed by atoms with van der Waals surface area (Å²) < 4.78 is 7.61. The Balaban J connectivity index is 1.38. The SMILES string of the molecule is CCn1c2ccccc2c2c1c1c3ccccc3n(CC)c1c1c3cc(-c4nc(-c5ccccc5)cc(-c5ccccc5)n4)ccc3n(CC)c21. The molecular weight excluding hydrogens is 623 g/mol. The van der Waals surface area contributed by atoms with E-state index < -0.39 is 0 Å². The molecule has 0 unspecified atom stereocenters. The lowest BCUT2D eigenvalue weighted by molar-refractivity contribution is 0.821. The van der Waals surface area contributed by atoms with Crippen molar-refractivity contribution in [2.75, 3.05) is 0 Å². The summed E-state index contributed by atoms with van der Waals surface area (Å²) in [6.07, 6.45) is 0. The van der Waals surface area contributed by atoms with Gasteiger partial charge in [-0.25, -0.2) is 9.97 Å². The zero-order valence-electron chi connectivity index (χ0n) is 29.1. The lowest BCUT2D eigenvalue weighted by Crippen LogP contribution is -1.98. The highest BCUT2D eigenvalue weighted by Crippen LogP contribution is 2.48. The summed E-state index contributed by atoms with van der Waals surface area (Å²) >= 11 is 0. The number of benzene rings is 6. The van der Waals surface area contributed by atoms with Crippen LogP contribution in [0.15, 0.2) is 133 Å². The van der Waals surface area contributed by atoms with Crippen LogP contribution >= 0.6 is 0 Å². The maximum Gasteiger partial charge on any atom is 0.160 e. The number of fused-ring (bicyclic) bond motifs is 12. The quantitative estimate of drug-likeness (QED) is 0.178. The molecule has 246 valence electrons. The van der Waals surface area contributed by atoms with Crippen molar-refractivity contribution in [1.82, 2.24) is 23.7 Å². The maximum absolute atomic E-state index is 5.22. The first-order chi connectivity index (χ1) is 25.2. The highest BCUT2D eigenvalue weighted by Gasteiger charge is 2.27. The Kier molecular flexibility index (Phi) is 6.65. The van der Waals surface area contributed by atoms with E-state index in [0.29, 0.717) is 0 Å². The van der Waals surface area contributed by atoms with Crippen LogP contribution in [-0.4, -0.2) is 23.7 Å². The van der Waals surface area contributed by atoms with Gasteiger partial charge in [0.05, 0.1) is 27.9 Å². The van der Waals surface area contributed by atoms with E-state index >= 15 is 0 Å². The summed E-state index contributed by atoms with van der Waals surface area (Å²) in [7, 11) is 0. The highest BCUT2D eigenvalue weighted by atomic mass is 15.0. The number of hydrogen-bond acceptors (Lipinski definition) is 2. The molecule has 0 radical (unpaired) electrons. The molecule has 4 aromatic heterocycles. The molecule has 0 bridgehead atoms. The molecule has 10 aromatic rings. The average Bonchev–Trinajstić information content (AvgIpc) is 3.83. The van der Waals surface area contributed by atoms with Crippen molar-refractivity contribution in [2.45, 2.75) is 40.4 Å². The molecule has 51 heavy (non-hydrogen) atoms. The largest absolute Gasteiger partial charge is 0.340 e. The molecule has 5 heteroatoms. The fourth-order valence-electron chi connectivity index (χ4n) is 8.67. The molecule has 0 spiro atoms. The minimum absolute atomic E-state index is 0.727. The number of para-hydroxylation sites is 2. The first-order valence-corrected chi connectivity index (χ1v) is 18.1. The van der Waals surface area contributed by atoms with Gasteiger partial charge in [0.1, 0.15) is 0 Å². The second-order valence-electron chi connectivity index (χ2n) is 13.4. The van der Waals surface area contributed by atoms with E-state index in [1.54, 1.807) is 0 Å². The summed E-state index contributed by atoms with van der Waals surface area (Å²) in [5.74, 6) is 0.727. The van der Waals surface area contributed by atoms with Crippen molar-refractivity contribution >= 4 is 65.4 Å². The summed E-state index contributed by atoms with van der Waals surface area (Å²) in [5.41, 5.74) is 12.7. The van der Waals surface area contributed by atoms with Crippen LogP contribution in [0.1, 0.15) is 20.8 Å². The first-order valence-electron chi connectivity index (χ1n) is 18.1. The van der Waals surface area contributed by atoms with E-state index in [1.807, 2.05) is 12.1 Å². The van der Waals surface area contributed by atoms with Gasteiger partial charge in [0.25, 0.3) is 0 Å². The number of nitrogens with zero attached hydrogens (tertiary/aromatic N) is 5. The third kappa shape index (κ3) is 4.21. The van der Waals surface area contributed by atoms with Gasteiger partial charge in [0.15, 0.2) is 5.82 Å². The lowest BCUT2D eigenvalue weighted by Gasteiger charge is -2.10. The Morgan fingerprint density at radius 2 is 0.804 bits per heavy atom. The molecule has 0 fully saturated rings. The smallest absolute Gasteiger partial charge is 0.160 e. The zero-order chi connectivity index (χ0) is 34.2. The molecule has 0 saturated heterocycles. The number of hydrogen-bond donors (Lipinski definition) is 0.